The standard InChI is InChI=1S/C17H14O5/c1-3-11-14(6-9(2)18)21-8-13-12-5-4-10(19)7-15(12)22-17(20)16(11)13/h3-7,18-19H,2,8H2,1H3/b11-3+,14-6+. The van der Waals surface area contributed by atoms with Gasteiger partial charge in [-0.2, -0.15) is 0 Å². The Labute approximate surface area is 126 Å². The number of aliphatic hydroxyl groups excluding tert-OH is 1. The Kier molecular flexibility index (Phi) is 3.25. The number of aliphatic hydroxyl groups is 1. The molecule has 1 aliphatic rings. The van der Waals surface area contributed by atoms with E-state index in [4.69, 9.17) is 9.15 Å². The third-order valence-electron chi connectivity index (χ3n) is 3.49. The van der Waals surface area contributed by atoms with Crippen molar-refractivity contribution in [1.29, 1.82) is 0 Å². The predicted molar refractivity (Wildman–Crippen MR) is 82.4 cm³/mol. The van der Waals surface area contributed by atoms with Crippen LogP contribution >= 0.6 is 0 Å². The molecule has 1 aromatic heterocycles. The number of phenols is 1. The number of rotatable bonds is 1. The number of hydrogen-bond acceptors (Lipinski definition) is 5. The summed E-state index contributed by atoms with van der Waals surface area (Å²) < 4.78 is 10.9. The largest absolute Gasteiger partial charge is 0.508 e. The maximum Gasteiger partial charge on any atom is 0.344 e. The van der Waals surface area contributed by atoms with Crippen LogP contribution in [0, 0.1) is 0 Å². The van der Waals surface area contributed by atoms with E-state index in [9.17, 15) is 15.0 Å². The molecule has 0 atom stereocenters. The first-order valence-corrected chi connectivity index (χ1v) is 6.69. The molecule has 0 spiro atoms. The van der Waals surface area contributed by atoms with Gasteiger partial charge in [0.1, 0.15) is 29.5 Å². The zero-order valence-corrected chi connectivity index (χ0v) is 11.9. The molecule has 0 unspecified atom stereocenters. The molecule has 1 aromatic carbocycles. The fourth-order valence-electron chi connectivity index (χ4n) is 2.58. The lowest BCUT2D eigenvalue weighted by Crippen LogP contribution is -2.18. The van der Waals surface area contributed by atoms with Gasteiger partial charge in [-0.1, -0.05) is 12.7 Å². The van der Waals surface area contributed by atoms with Gasteiger partial charge in [-0.25, -0.2) is 4.79 Å². The van der Waals surface area contributed by atoms with Crippen molar-refractivity contribution in [1.82, 2.24) is 0 Å². The molecule has 3 rings (SSSR count). The molecule has 0 amide bonds. The van der Waals surface area contributed by atoms with Gasteiger partial charge in [-0.15, -0.1) is 0 Å². The molecule has 2 heterocycles. The van der Waals surface area contributed by atoms with Crippen LogP contribution in [0.5, 0.6) is 5.75 Å². The highest BCUT2D eigenvalue weighted by atomic mass is 16.5. The molecule has 0 saturated carbocycles. The van der Waals surface area contributed by atoms with E-state index in [1.807, 2.05) is 0 Å². The molecule has 0 radical (unpaired) electrons. The Morgan fingerprint density at radius 2 is 2.18 bits per heavy atom. The van der Waals surface area contributed by atoms with Gasteiger partial charge in [0.25, 0.3) is 0 Å². The molecule has 112 valence electrons. The summed E-state index contributed by atoms with van der Waals surface area (Å²) in [5.41, 5.74) is 1.43. The molecule has 0 bridgehead atoms. The van der Waals surface area contributed by atoms with Crippen molar-refractivity contribution in [2.45, 2.75) is 13.5 Å². The van der Waals surface area contributed by atoms with Crippen LogP contribution in [-0.4, -0.2) is 10.2 Å². The number of fused-ring (bicyclic) bond motifs is 3. The van der Waals surface area contributed by atoms with Gasteiger partial charge >= 0.3 is 5.63 Å². The summed E-state index contributed by atoms with van der Waals surface area (Å²) >= 11 is 0. The van der Waals surface area contributed by atoms with Crippen molar-refractivity contribution < 1.29 is 19.4 Å². The normalized spacial score (nSPS) is 17.5. The maximum absolute atomic E-state index is 12.3. The number of hydrogen-bond donors (Lipinski definition) is 2. The second-order valence-electron chi connectivity index (χ2n) is 4.91. The van der Waals surface area contributed by atoms with Gasteiger partial charge < -0.3 is 19.4 Å². The fraction of sp³-hybridized carbons (Fsp3) is 0.118. The lowest BCUT2D eigenvalue weighted by atomic mass is 9.94. The fourth-order valence-corrected chi connectivity index (χ4v) is 2.58. The van der Waals surface area contributed by atoms with E-state index in [2.05, 4.69) is 6.58 Å². The Morgan fingerprint density at radius 3 is 2.86 bits per heavy atom. The molecule has 2 aromatic rings. The minimum atomic E-state index is -0.515. The first-order valence-electron chi connectivity index (χ1n) is 6.69. The van der Waals surface area contributed by atoms with Crippen LogP contribution in [-0.2, 0) is 11.3 Å². The van der Waals surface area contributed by atoms with Crippen molar-refractivity contribution >= 4 is 16.5 Å². The first-order chi connectivity index (χ1) is 10.5. The molecule has 22 heavy (non-hydrogen) atoms. The summed E-state index contributed by atoms with van der Waals surface area (Å²) in [5, 5.41) is 19.5. The van der Waals surface area contributed by atoms with E-state index < -0.39 is 5.63 Å². The third-order valence-corrected chi connectivity index (χ3v) is 3.49. The summed E-state index contributed by atoms with van der Waals surface area (Å²) in [7, 11) is 0. The van der Waals surface area contributed by atoms with E-state index in [1.54, 1.807) is 19.1 Å². The molecule has 5 nitrogen and oxygen atoms in total. The highest BCUT2D eigenvalue weighted by Gasteiger charge is 2.26. The molecule has 0 saturated heterocycles. The van der Waals surface area contributed by atoms with Crippen molar-refractivity contribution in [3.8, 4) is 5.75 Å². The Morgan fingerprint density at radius 1 is 1.41 bits per heavy atom. The minimum Gasteiger partial charge on any atom is -0.508 e. The van der Waals surface area contributed by atoms with Crippen LogP contribution in [0.4, 0.5) is 0 Å². The van der Waals surface area contributed by atoms with Crippen LogP contribution in [0.2, 0.25) is 0 Å². The summed E-state index contributed by atoms with van der Waals surface area (Å²) in [6.07, 6.45) is 3.08. The van der Waals surface area contributed by atoms with Gasteiger partial charge in [0, 0.05) is 28.7 Å². The molecule has 0 fully saturated rings. The molecule has 0 aliphatic carbocycles. The maximum atomic E-state index is 12.3. The SMILES string of the molecule is C=C(O)/C=C1/OCc2c(c(=O)oc3cc(O)ccc23)/C1=C/C. The highest BCUT2D eigenvalue weighted by Crippen LogP contribution is 2.35. The second-order valence-corrected chi connectivity index (χ2v) is 4.91. The summed E-state index contributed by atoms with van der Waals surface area (Å²) in [5.74, 6) is 0.233. The summed E-state index contributed by atoms with van der Waals surface area (Å²) in [6.45, 7) is 5.33. The Balaban J connectivity index is 2.33. The van der Waals surface area contributed by atoms with E-state index in [1.165, 1.54) is 18.2 Å². The highest BCUT2D eigenvalue weighted by molar-refractivity contribution is 5.90. The van der Waals surface area contributed by atoms with Gasteiger partial charge in [0.05, 0.1) is 5.56 Å². The third kappa shape index (κ3) is 2.16. The first kappa shape index (κ1) is 14.0. The predicted octanol–water partition coefficient (Wildman–Crippen LogP) is 3.39. The molecular formula is C17H14O5. The number of aromatic hydroxyl groups is 1. The summed E-state index contributed by atoms with van der Waals surface area (Å²) in [6, 6.07) is 4.61. The number of phenolic OH excluding ortho intramolecular Hbond substituents is 1. The Bertz CT molecular complexity index is 899. The zero-order chi connectivity index (χ0) is 15.9. The van der Waals surface area contributed by atoms with Crippen molar-refractivity contribution in [2.75, 3.05) is 0 Å². The average Bonchev–Trinajstić information content (AvgIpc) is 2.46. The van der Waals surface area contributed by atoms with Crippen molar-refractivity contribution in [3.63, 3.8) is 0 Å². The van der Waals surface area contributed by atoms with Crippen LogP contribution in [0.3, 0.4) is 0 Å². The van der Waals surface area contributed by atoms with Crippen molar-refractivity contribution in [3.05, 3.63) is 70.0 Å². The van der Waals surface area contributed by atoms with Crippen LogP contribution < -0.4 is 5.63 Å². The zero-order valence-electron chi connectivity index (χ0n) is 11.9. The lowest BCUT2D eigenvalue weighted by molar-refractivity contribution is 0.206. The van der Waals surface area contributed by atoms with Crippen LogP contribution in [0.1, 0.15) is 18.1 Å². The Hall–Kier alpha value is -2.95. The number of ether oxygens (including phenoxy) is 1. The number of benzene rings is 1. The van der Waals surface area contributed by atoms with Crippen LogP contribution in [0.25, 0.3) is 16.5 Å². The quantitative estimate of drug-likeness (QED) is 0.623. The molecule has 5 heteroatoms. The van der Waals surface area contributed by atoms with E-state index in [0.29, 0.717) is 33.4 Å². The molecule has 2 N–H and O–H groups in total. The van der Waals surface area contributed by atoms with E-state index in [0.717, 1.165) is 0 Å². The lowest BCUT2D eigenvalue weighted by Gasteiger charge is -2.23. The van der Waals surface area contributed by atoms with E-state index >= 15 is 0 Å². The van der Waals surface area contributed by atoms with Gasteiger partial charge in [0.15, 0.2) is 0 Å². The number of allylic oxidation sites excluding steroid dienone is 3. The summed E-state index contributed by atoms with van der Waals surface area (Å²) in [4.78, 5) is 12.3. The second kappa shape index (κ2) is 5.11. The molecular weight excluding hydrogens is 284 g/mol. The monoisotopic (exact) mass is 298 g/mol. The van der Waals surface area contributed by atoms with Crippen molar-refractivity contribution in [2.24, 2.45) is 0 Å². The minimum absolute atomic E-state index is 0.0238. The molecule has 1 aliphatic heterocycles. The van der Waals surface area contributed by atoms with Gasteiger partial charge in [0.2, 0.25) is 0 Å². The van der Waals surface area contributed by atoms with Gasteiger partial charge in [-0.05, 0) is 19.1 Å². The smallest absolute Gasteiger partial charge is 0.344 e. The topological polar surface area (TPSA) is 79.9 Å². The van der Waals surface area contributed by atoms with E-state index in [-0.39, 0.29) is 18.1 Å². The van der Waals surface area contributed by atoms with Crippen LogP contribution in [0.15, 0.2) is 57.7 Å². The average molecular weight is 298 g/mol. The van der Waals surface area contributed by atoms with Gasteiger partial charge in [-0.3, -0.25) is 0 Å².